The minimum atomic E-state index is 0. The van der Waals surface area contributed by atoms with Gasteiger partial charge in [-0.05, 0) is 48.5 Å². The molecule has 0 radical (unpaired) electrons. The number of para-hydroxylation sites is 4. The summed E-state index contributed by atoms with van der Waals surface area (Å²) in [4.78, 5) is 4.41. The minimum absolute atomic E-state index is 0. The van der Waals surface area contributed by atoms with Crippen molar-refractivity contribution in [1.29, 1.82) is 0 Å². The number of anilines is 4. The van der Waals surface area contributed by atoms with Crippen LogP contribution in [0.2, 0.25) is 0 Å². The third-order valence-electron chi connectivity index (χ3n) is 5.68. The number of rotatable bonds is 4. The molecular weight excluding hydrogens is 555 g/mol. The Bertz CT molecular complexity index is 1550. The fraction of sp³-hybridized carbons (Fsp3) is 0.0323. The molecule has 0 aliphatic carbocycles. The zero-order valence-electron chi connectivity index (χ0n) is 20.0. The Hall–Kier alpha value is -3.97. The largest absolute Gasteiger partial charge is 1.00 e. The van der Waals surface area contributed by atoms with E-state index in [9.17, 15) is 0 Å². The molecule has 4 nitrogen and oxygen atoms in total. The number of pyridine rings is 2. The zero-order valence-corrected chi connectivity index (χ0v) is 22.1. The molecule has 0 spiro atoms. The molecule has 6 rings (SSSR count). The van der Waals surface area contributed by atoms with Crippen molar-refractivity contribution in [1.82, 2.24) is 4.98 Å². The molecule has 5 heteroatoms. The first-order valence-electron chi connectivity index (χ1n) is 11.6. The molecular formula is C31H27IN4. The van der Waals surface area contributed by atoms with Gasteiger partial charge in [0.1, 0.15) is 12.7 Å². The monoisotopic (exact) mass is 582 g/mol. The molecule has 0 amide bonds. The molecule has 2 N–H and O–H groups in total. The number of benzene rings is 4. The van der Waals surface area contributed by atoms with Gasteiger partial charge in [-0.25, -0.2) is 0 Å². The number of aromatic nitrogens is 2. The van der Waals surface area contributed by atoms with Crippen molar-refractivity contribution in [2.45, 2.75) is 0 Å². The Balaban J connectivity index is 0.000000165. The summed E-state index contributed by atoms with van der Waals surface area (Å²) in [5.41, 5.74) is 6.54. The van der Waals surface area contributed by atoms with Crippen molar-refractivity contribution >= 4 is 44.6 Å². The zero-order chi connectivity index (χ0) is 23.9. The Morgan fingerprint density at radius 3 is 1.78 bits per heavy atom. The lowest BCUT2D eigenvalue weighted by Gasteiger charge is -2.06. The van der Waals surface area contributed by atoms with Crippen LogP contribution in [0.4, 0.5) is 22.7 Å². The Morgan fingerprint density at radius 2 is 1.08 bits per heavy atom. The molecule has 4 aromatic carbocycles. The fourth-order valence-corrected chi connectivity index (χ4v) is 4.00. The third kappa shape index (κ3) is 6.37. The lowest BCUT2D eigenvalue weighted by atomic mass is 10.2. The van der Waals surface area contributed by atoms with E-state index in [1.165, 1.54) is 10.9 Å². The number of hydrogen-bond donors (Lipinski definition) is 2. The Morgan fingerprint density at radius 1 is 0.556 bits per heavy atom. The molecule has 0 saturated carbocycles. The van der Waals surface area contributed by atoms with E-state index in [2.05, 4.69) is 88.0 Å². The van der Waals surface area contributed by atoms with Gasteiger partial charge in [-0.3, -0.25) is 4.98 Å². The summed E-state index contributed by atoms with van der Waals surface area (Å²) in [6, 6.07) is 41.1. The maximum absolute atomic E-state index is 4.41. The first kappa shape index (κ1) is 25.1. The van der Waals surface area contributed by atoms with Gasteiger partial charge < -0.3 is 34.6 Å². The first-order valence-corrected chi connectivity index (χ1v) is 11.6. The summed E-state index contributed by atoms with van der Waals surface area (Å²) in [6.45, 7) is 0. The van der Waals surface area contributed by atoms with E-state index in [-0.39, 0.29) is 24.0 Å². The van der Waals surface area contributed by atoms with E-state index in [4.69, 9.17) is 0 Å². The molecule has 0 fully saturated rings. The molecule has 6 aromatic rings. The summed E-state index contributed by atoms with van der Waals surface area (Å²) in [6.07, 6.45) is 3.96. The number of nitrogens with one attached hydrogen (secondary N) is 2. The van der Waals surface area contributed by atoms with E-state index in [1.54, 1.807) is 0 Å². The predicted molar refractivity (Wildman–Crippen MR) is 146 cm³/mol. The van der Waals surface area contributed by atoms with Gasteiger partial charge in [0.25, 0.3) is 0 Å². The minimum Gasteiger partial charge on any atom is -1.00 e. The van der Waals surface area contributed by atoms with Gasteiger partial charge in [-0.1, -0.05) is 66.7 Å². The van der Waals surface area contributed by atoms with Gasteiger partial charge in [0.05, 0.1) is 17.4 Å². The fourth-order valence-electron chi connectivity index (χ4n) is 4.00. The molecule has 178 valence electrons. The standard InChI is InChI=1S/C16H15N2.C15H12N2.HI/c1-18-12-15(17-14-8-3-2-4-9-14)11-13-7-5-6-10-16(13)18;1-2-7-13(8-3-1)17-14-10-12-6-4-5-9-15(12)16-11-14;/h2-12,17H,1H3;1-11,17H;1H/q+1;;/p-1. The lowest BCUT2D eigenvalue weighted by Crippen LogP contribution is -3.00. The summed E-state index contributed by atoms with van der Waals surface area (Å²) < 4.78 is 2.14. The van der Waals surface area contributed by atoms with Gasteiger partial charge in [0.15, 0.2) is 6.20 Å². The first-order chi connectivity index (χ1) is 17.2. The summed E-state index contributed by atoms with van der Waals surface area (Å²) in [7, 11) is 2.07. The average molecular weight is 582 g/mol. The van der Waals surface area contributed by atoms with Crippen molar-refractivity contribution in [3.8, 4) is 0 Å². The van der Waals surface area contributed by atoms with Crippen molar-refractivity contribution < 1.29 is 28.5 Å². The molecule has 2 aromatic heterocycles. The van der Waals surface area contributed by atoms with E-state index >= 15 is 0 Å². The SMILES string of the molecule is C[n+]1cc(Nc2ccccc2)cc2ccccc21.[I-].c1ccc(Nc2cnc3ccccc3c2)cc1. The number of nitrogens with zero attached hydrogens (tertiary/aromatic N) is 2. The maximum atomic E-state index is 4.41. The van der Waals surface area contributed by atoms with Crippen LogP contribution in [0.25, 0.3) is 21.8 Å². The molecule has 36 heavy (non-hydrogen) atoms. The average Bonchev–Trinajstić information content (AvgIpc) is 2.90. The van der Waals surface area contributed by atoms with E-state index in [0.717, 1.165) is 33.7 Å². The van der Waals surface area contributed by atoms with E-state index in [0.29, 0.717) is 0 Å². The molecule has 2 heterocycles. The van der Waals surface area contributed by atoms with Crippen LogP contribution >= 0.6 is 0 Å². The normalized spacial score (nSPS) is 10.1. The predicted octanol–water partition coefficient (Wildman–Crippen LogP) is 4.39. The smallest absolute Gasteiger partial charge is 0.212 e. The van der Waals surface area contributed by atoms with Gasteiger partial charge in [0.2, 0.25) is 5.52 Å². The van der Waals surface area contributed by atoms with Crippen molar-refractivity contribution in [2.24, 2.45) is 7.05 Å². The van der Waals surface area contributed by atoms with Crippen molar-refractivity contribution in [2.75, 3.05) is 10.6 Å². The highest BCUT2D eigenvalue weighted by Crippen LogP contribution is 2.20. The lowest BCUT2D eigenvalue weighted by molar-refractivity contribution is -0.644. The van der Waals surface area contributed by atoms with Crippen LogP contribution in [0, 0.1) is 0 Å². The van der Waals surface area contributed by atoms with E-state index < -0.39 is 0 Å². The highest BCUT2D eigenvalue weighted by Gasteiger charge is 2.07. The van der Waals surface area contributed by atoms with Crippen LogP contribution in [0.3, 0.4) is 0 Å². The van der Waals surface area contributed by atoms with E-state index in [1.807, 2.05) is 72.9 Å². The number of fused-ring (bicyclic) bond motifs is 2. The molecule has 0 saturated heterocycles. The Labute approximate surface area is 228 Å². The van der Waals surface area contributed by atoms with Crippen LogP contribution in [-0.2, 0) is 7.05 Å². The molecule has 0 aliphatic rings. The van der Waals surface area contributed by atoms with Crippen LogP contribution in [0.1, 0.15) is 0 Å². The summed E-state index contributed by atoms with van der Waals surface area (Å²) >= 11 is 0. The second-order valence-corrected chi connectivity index (χ2v) is 8.30. The topological polar surface area (TPSA) is 40.8 Å². The van der Waals surface area contributed by atoms with Crippen LogP contribution in [0.5, 0.6) is 0 Å². The maximum Gasteiger partial charge on any atom is 0.212 e. The molecule has 0 unspecified atom stereocenters. The second-order valence-electron chi connectivity index (χ2n) is 8.30. The van der Waals surface area contributed by atoms with Crippen molar-refractivity contribution in [3.05, 3.63) is 134 Å². The number of halogens is 1. The number of hydrogen-bond acceptors (Lipinski definition) is 3. The highest BCUT2D eigenvalue weighted by molar-refractivity contribution is 5.82. The second kappa shape index (κ2) is 12.1. The summed E-state index contributed by atoms with van der Waals surface area (Å²) in [5.74, 6) is 0. The molecule has 0 aliphatic heterocycles. The highest BCUT2D eigenvalue weighted by atomic mass is 127. The summed E-state index contributed by atoms with van der Waals surface area (Å²) in [5, 5.41) is 9.13. The quantitative estimate of drug-likeness (QED) is 0.240. The number of aryl methyl sites for hydroxylation is 1. The van der Waals surface area contributed by atoms with Gasteiger partial charge in [-0.2, -0.15) is 4.57 Å². The van der Waals surface area contributed by atoms with Crippen LogP contribution in [0.15, 0.2) is 134 Å². The molecule has 0 atom stereocenters. The van der Waals surface area contributed by atoms with Gasteiger partial charge in [0, 0.05) is 28.2 Å². The van der Waals surface area contributed by atoms with Crippen molar-refractivity contribution in [3.63, 3.8) is 0 Å². The Kier molecular flexibility index (Phi) is 8.47. The van der Waals surface area contributed by atoms with Gasteiger partial charge >= 0.3 is 0 Å². The molecule has 0 bridgehead atoms. The van der Waals surface area contributed by atoms with Gasteiger partial charge in [-0.15, -0.1) is 0 Å². The van der Waals surface area contributed by atoms with Crippen LogP contribution in [-0.4, -0.2) is 4.98 Å². The van der Waals surface area contributed by atoms with Crippen LogP contribution < -0.4 is 39.2 Å². The third-order valence-corrected chi connectivity index (χ3v) is 5.68.